The Morgan fingerprint density at radius 2 is 2.16 bits per heavy atom. The Balaban J connectivity index is 2.35. The molecule has 0 radical (unpaired) electrons. The van der Waals surface area contributed by atoms with Crippen LogP contribution >= 0.6 is 27.3 Å². The first-order valence-electron chi connectivity index (χ1n) is 5.32. The van der Waals surface area contributed by atoms with Crippen LogP contribution in [0.15, 0.2) is 27.0 Å². The molecule has 1 heterocycles. The normalized spacial score (nSPS) is 11.5. The van der Waals surface area contributed by atoms with E-state index in [-0.39, 0.29) is 9.47 Å². The van der Waals surface area contributed by atoms with Crippen molar-refractivity contribution in [3.63, 3.8) is 0 Å². The van der Waals surface area contributed by atoms with Gasteiger partial charge in [0.25, 0.3) is 14.4 Å². The number of nitrogens with one attached hydrogen (secondary N) is 1. The Bertz CT molecular complexity index is 699. The second-order valence-electron chi connectivity index (χ2n) is 3.67. The molecule has 0 saturated carbocycles. The van der Waals surface area contributed by atoms with Crippen LogP contribution in [-0.4, -0.2) is 18.6 Å². The molecule has 6 nitrogen and oxygen atoms in total. The van der Waals surface area contributed by atoms with E-state index in [4.69, 9.17) is 5.73 Å². The van der Waals surface area contributed by atoms with Crippen molar-refractivity contribution in [2.24, 2.45) is 0 Å². The van der Waals surface area contributed by atoms with E-state index in [1.165, 1.54) is 0 Å². The van der Waals surface area contributed by atoms with Gasteiger partial charge in [-0.1, -0.05) is 34.2 Å². The van der Waals surface area contributed by atoms with Gasteiger partial charge in [-0.25, -0.2) is 0 Å². The number of anilines is 2. The zero-order valence-electron chi connectivity index (χ0n) is 9.92. The molecule has 0 unspecified atom stereocenters. The van der Waals surface area contributed by atoms with Crippen molar-refractivity contribution in [1.82, 2.24) is 10.2 Å². The number of nitrogens with zero attached hydrogens (tertiary/aromatic N) is 2. The number of hydrogen-bond acceptors (Lipinski definition) is 6. The fourth-order valence-electron chi connectivity index (χ4n) is 1.47. The number of aromatic nitrogens is 2. The lowest BCUT2D eigenvalue weighted by atomic mass is 10.1. The van der Waals surface area contributed by atoms with Gasteiger partial charge in [0.15, 0.2) is 0 Å². The van der Waals surface area contributed by atoms with E-state index in [1.54, 1.807) is 12.1 Å². The first kappa shape index (κ1) is 14.2. The van der Waals surface area contributed by atoms with Crippen LogP contribution in [0.1, 0.15) is 12.5 Å². The molecule has 102 valence electrons. The molecule has 0 fully saturated rings. The smallest absolute Gasteiger partial charge is 0.291 e. The molecule has 0 bridgehead atoms. The van der Waals surface area contributed by atoms with E-state index in [9.17, 15) is 8.42 Å². The minimum atomic E-state index is -3.74. The van der Waals surface area contributed by atoms with Crippen molar-refractivity contribution in [1.29, 1.82) is 0 Å². The maximum Gasteiger partial charge on any atom is 0.291 e. The topological polar surface area (TPSA) is 98.0 Å². The average molecular weight is 363 g/mol. The maximum atomic E-state index is 12.1. The Kier molecular flexibility index (Phi) is 4.07. The highest BCUT2D eigenvalue weighted by Crippen LogP contribution is 2.25. The lowest BCUT2D eigenvalue weighted by Gasteiger charge is -2.10. The SMILES string of the molecule is CCc1cc(Br)ccc1NS(=O)(=O)c1nnc(N)s1. The van der Waals surface area contributed by atoms with E-state index in [1.807, 2.05) is 13.0 Å². The van der Waals surface area contributed by atoms with Crippen LogP contribution in [0.2, 0.25) is 0 Å². The maximum absolute atomic E-state index is 12.1. The van der Waals surface area contributed by atoms with Crippen LogP contribution < -0.4 is 10.5 Å². The van der Waals surface area contributed by atoms with Crippen LogP contribution in [0.5, 0.6) is 0 Å². The number of benzene rings is 1. The molecule has 0 amide bonds. The van der Waals surface area contributed by atoms with Gasteiger partial charge in [0.1, 0.15) is 0 Å². The molecule has 0 aliphatic rings. The van der Waals surface area contributed by atoms with Gasteiger partial charge in [0.05, 0.1) is 5.69 Å². The molecule has 0 saturated heterocycles. The highest BCUT2D eigenvalue weighted by atomic mass is 79.9. The predicted octanol–water partition coefficient (Wildman–Crippen LogP) is 2.25. The van der Waals surface area contributed by atoms with Gasteiger partial charge < -0.3 is 5.73 Å². The molecular formula is C10H11BrN4O2S2. The average Bonchev–Trinajstić information content (AvgIpc) is 2.79. The number of nitrogen functional groups attached to an aromatic ring is 1. The molecule has 3 N–H and O–H groups in total. The zero-order chi connectivity index (χ0) is 14.0. The van der Waals surface area contributed by atoms with Gasteiger partial charge in [0, 0.05) is 4.47 Å². The fourth-order valence-corrected chi connectivity index (χ4v) is 3.77. The number of nitrogens with two attached hydrogens (primary N) is 1. The number of halogens is 1. The fraction of sp³-hybridized carbons (Fsp3) is 0.200. The molecule has 0 aliphatic carbocycles. The summed E-state index contributed by atoms with van der Waals surface area (Å²) in [7, 11) is -3.74. The first-order chi connectivity index (χ1) is 8.92. The Morgan fingerprint density at radius 3 is 2.74 bits per heavy atom. The van der Waals surface area contributed by atoms with Gasteiger partial charge in [-0.3, -0.25) is 4.72 Å². The second kappa shape index (κ2) is 5.43. The minimum Gasteiger partial charge on any atom is -0.374 e. The zero-order valence-corrected chi connectivity index (χ0v) is 13.1. The van der Waals surface area contributed by atoms with E-state index in [0.29, 0.717) is 12.1 Å². The molecule has 0 spiro atoms. The van der Waals surface area contributed by atoms with Crippen LogP contribution in [-0.2, 0) is 16.4 Å². The lowest BCUT2D eigenvalue weighted by Crippen LogP contribution is -2.14. The number of sulfonamides is 1. The molecule has 9 heteroatoms. The molecule has 0 atom stereocenters. The minimum absolute atomic E-state index is 0.117. The second-order valence-corrected chi connectivity index (χ2v) is 7.45. The largest absolute Gasteiger partial charge is 0.374 e. The Morgan fingerprint density at radius 1 is 1.42 bits per heavy atom. The lowest BCUT2D eigenvalue weighted by molar-refractivity contribution is 0.599. The molecule has 19 heavy (non-hydrogen) atoms. The summed E-state index contributed by atoms with van der Waals surface area (Å²) in [4.78, 5) is 0. The highest BCUT2D eigenvalue weighted by molar-refractivity contribution is 9.10. The highest BCUT2D eigenvalue weighted by Gasteiger charge is 2.20. The summed E-state index contributed by atoms with van der Waals surface area (Å²) in [5.41, 5.74) is 6.80. The number of aryl methyl sites for hydroxylation is 1. The Labute approximate surface area is 123 Å². The van der Waals surface area contributed by atoms with Crippen molar-refractivity contribution < 1.29 is 8.42 Å². The number of rotatable bonds is 4. The van der Waals surface area contributed by atoms with Crippen LogP contribution in [0.3, 0.4) is 0 Å². The summed E-state index contributed by atoms with van der Waals surface area (Å²) in [5, 5.41) is 7.16. The van der Waals surface area contributed by atoms with E-state index in [2.05, 4.69) is 30.8 Å². The third kappa shape index (κ3) is 3.23. The van der Waals surface area contributed by atoms with Gasteiger partial charge in [-0.05, 0) is 30.2 Å². The molecule has 1 aromatic heterocycles. The molecule has 2 aromatic rings. The molecule has 2 rings (SSSR count). The van der Waals surface area contributed by atoms with Crippen LogP contribution in [0.25, 0.3) is 0 Å². The van der Waals surface area contributed by atoms with Crippen molar-refractivity contribution >= 4 is 48.1 Å². The summed E-state index contributed by atoms with van der Waals surface area (Å²) < 4.78 is 27.4. The summed E-state index contributed by atoms with van der Waals surface area (Å²) in [5.74, 6) is 0. The van der Waals surface area contributed by atoms with Crippen LogP contribution in [0, 0.1) is 0 Å². The van der Waals surface area contributed by atoms with Gasteiger partial charge in [-0.2, -0.15) is 8.42 Å². The third-order valence-electron chi connectivity index (χ3n) is 2.34. The third-order valence-corrected chi connectivity index (χ3v) is 5.32. The van der Waals surface area contributed by atoms with Crippen molar-refractivity contribution in [2.45, 2.75) is 17.7 Å². The summed E-state index contributed by atoms with van der Waals surface area (Å²) in [6, 6.07) is 5.34. The van der Waals surface area contributed by atoms with E-state index < -0.39 is 10.0 Å². The predicted molar refractivity (Wildman–Crippen MR) is 78.6 cm³/mol. The molecule has 0 aliphatic heterocycles. The monoisotopic (exact) mass is 362 g/mol. The summed E-state index contributed by atoms with van der Waals surface area (Å²) in [6.07, 6.45) is 0.704. The van der Waals surface area contributed by atoms with Crippen molar-refractivity contribution in [3.8, 4) is 0 Å². The van der Waals surface area contributed by atoms with Crippen molar-refractivity contribution in [2.75, 3.05) is 10.5 Å². The van der Waals surface area contributed by atoms with Gasteiger partial charge >= 0.3 is 0 Å². The van der Waals surface area contributed by atoms with Crippen molar-refractivity contribution in [3.05, 3.63) is 28.2 Å². The number of hydrogen-bond donors (Lipinski definition) is 2. The summed E-state index contributed by atoms with van der Waals surface area (Å²) in [6.45, 7) is 1.95. The first-order valence-corrected chi connectivity index (χ1v) is 8.42. The quantitative estimate of drug-likeness (QED) is 0.868. The Hall–Kier alpha value is -1.19. The van der Waals surface area contributed by atoms with Gasteiger partial charge in [0.2, 0.25) is 5.13 Å². The standard InChI is InChI=1S/C10H11BrN4O2S2/c1-2-6-5-7(11)3-4-8(6)15-19(16,17)10-14-13-9(12)18-10/h3-5,15H,2H2,1H3,(H2,12,13). The van der Waals surface area contributed by atoms with E-state index in [0.717, 1.165) is 21.4 Å². The summed E-state index contributed by atoms with van der Waals surface area (Å²) >= 11 is 4.18. The van der Waals surface area contributed by atoms with Gasteiger partial charge in [-0.15, -0.1) is 10.2 Å². The molecular weight excluding hydrogens is 352 g/mol. The van der Waals surface area contributed by atoms with Crippen LogP contribution in [0.4, 0.5) is 10.8 Å². The molecule has 1 aromatic carbocycles. The van der Waals surface area contributed by atoms with E-state index >= 15 is 0 Å².